The Morgan fingerprint density at radius 3 is 3.12 bits per heavy atom. The number of esters is 1. The second kappa shape index (κ2) is 3.47. The highest BCUT2D eigenvalue weighted by atomic mass is 16.6. The zero-order chi connectivity index (χ0) is 12.0. The van der Waals surface area contributed by atoms with Crippen LogP contribution in [0.2, 0.25) is 0 Å². The lowest BCUT2D eigenvalue weighted by Gasteiger charge is -2.09. The maximum Gasteiger partial charge on any atom is 0.302 e. The first kappa shape index (κ1) is 10.6. The Labute approximate surface area is 99.5 Å². The van der Waals surface area contributed by atoms with Gasteiger partial charge in [-0.3, -0.25) is 4.79 Å². The summed E-state index contributed by atoms with van der Waals surface area (Å²) < 4.78 is 15.9. The molecule has 17 heavy (non-hydrogen) atoms. The van der Waals surface area contributed by atoms with E-state index in [9.17, 15) is 4.79 Å². The van der Waals surface area contributed by atoms with Crippen LogP contribution < -0.4 is 4.74 Å². The molecule has 1 saturated heterocycles. The average Bonchev–Trinajstić information content (AvgIpc) is 2.94. The number of epoxide rings is 1. The van der Waals surface area contributed by atoms with E-state index in [0.29, 0.717) is 6.61 Å². The highest BCUT2D eigenvalue weighted by molar-refractivity contribution is 5.66. The van der Waals surface area contributed by atoms with Crippen molar-refractivity contribution in [2.24, 2.45) is 0 Å². The van der Waals surface area contributed by atoms with Gasteiger partial charge in [0.05, 0.1) is 7.11 Å². The minimum absolute atomic E-state index is 0.0859. The summed E-state index contributed by atoms with van der Waals surface area (Å²) in [4.78, 5) is 10.8. The van der Waals surface area contributed by atoms with Gasteiger partial charge < -0.3 is 14.2 Å². The molecule has 2 aliphatic rings. The lowest BCUT2D eigenvalue weighted by Crippen LogP contribution is -2.21. The van der Waals surface area contributed by atoms with Gasteiger partial charge in [0.15, 0.2) is 0 Å². The first-order chi connectivity index (χ1) is 8.14. The van der Waals surface area contributed by atoms with E-state index in [1.54, 1.807) is 7.11 Å². The normalized spacial score (nSPS) is 28.2. The third kappa shape index (κ3) is 1.60. The summed E-state index contributed by atoms with van der Waals surface area (Å²) in [5, 5.41) is 0. The number of carbonyl (C=O) groups excluding carboxylic acids is 1. The zero-order valence-corrected chi connectivity index (χ0v) is 9.86. The standard InChI is InChI=1S/C13H14O4/c1-8(14)16-7-13-6-9-5-10(15-2)3-4-11(9)12(13)17-13/h3-5,12H,6-7H2,1-2H3. The summed E-state index contributed by atoms with van der Waals surface area (Å²) in [6.07, 6.45) is 0.875. The van der Waals surface area contributed by atoms with E-state index in [2.05, 4.69) is 0 Å². The molecule has 0 aromatic heterocycles. The molecule has 1 aromatic rings. The average molecular weight is 234 g/mol. The number of fused-ring (bicyclic) bond motifs is 3. The van der Waals surface area contributed by atoms with Crippen molar-refractivity contribution in [2.45, 2.75) is 25.0 Å². The van der Waals surface area contributed by atoms with Crippen LogP contribution in [0.15, 0.2) is 18.2 Å². The van der Waals surface area contributed by atoms with Gasteiger partial charge in [0.1, 0.15) is 24.1 Å². The second-order valence-corrected chi connectivity index (χ2v) is 4.58. The third-order valence-corrected chi connectivity index (χ3v) is 3.42. The fraction of sp³-hybridized carbons (Fsp3) is 0.462. The molecule has 1 aliphatic carbocycles. The number of hydrogen-bond acceptors (Lipinski definition) is 4. The first-order valence-electron chi connectivity index (χ1n) is 5.63. The van der Waals surface area contributed by atoms with Crippen molar-refractivity contribution in [2.75, 3.05) is 13.7 Å². The summed E-state index contributed by atoms with van der Waals surface area (Å²) in [7, 11) is 1.66. The predicted molar refractivity (Wildman–Crippen MR) is 59.9 cm³/mol. The van der Waals surface area contributed by atoms with Crippen LogP contribution in [0.5, 0.6) is 5.75 Å². The Hall–Kier alpha value is -1.55. The fourth-order valence-electron chi connectivity index (χ4n) is 2.51. The summed E-state index contributed by atoms with van der Waals surface area (Å²) in [5.41, 5.74) is 2.12. The number of benzene rings is 1. The highest BCUT2D eigenvalue weighted by Crippen LogP contribution is 2.58. The molecule has 0 radical (unpaired) electrons. The molecule has 3 rings (SSSR count). The SMILES string of the molecule is COc1ccc2c(c1)CC1(COC(C)=O)OC21. The highest BCUT2D eigenvalue weighted by Gasteiger charge is 2.63. The van der Waals surface area contributed by atoms with Gasteiger partial charge in [0.2, 0.25) is 0 Å². The number of hydrogen-bond donors (Lipinski definition) is 0. The Morgan fingerprint density at radius 2 is 2.41 bits per heavy atom. The molecule has 0 amide bonds. The largest absolute Gasteiger partial charge is 0.497 e. The number of carbonyl (C=O) groups is 1. The Morgan fingerprint density at radius 1 is 1.59 bits per heavy atom. The molecule has 1 aromatic carbocycles. The van der Waals surface area contributed by atoms with Crippen LogP contribution in [0, 0.1) is 0 Å². The second-order valence-electron chi connectivity index (χ2n) is 4.58. The van der Waals surface area contributed by atoms with Crippen molar-refractivity contribution in [3.63, 3.8) is 0 Å². The van der Waals surface area contributed by atoms with Gasteiger partial charge >= 0.3 is 5.97 Å². The summed E-state index contributed by atoms with van der Waals surface area (Å²) >= 11 is 0. The van der Waals surface area contributed by atoms with Crippen molar-refractivity contribution in [1.82, 2.24) is 0 Å². The molecular formula is C13H14O4. The van der Waals surface area contributed by atoms with E-state index in [1.165, 1.54) is 18.1 Å². The van der Waals surface area contributed by atoms with Crippen LogP contribution in [-0.2, 0) is 20.7 Å². The summed E-state index contributed by atoms with van der Waals surface area (Å²) in [6, 6.07) is 5.99. The summed E-state index contributed by atoms with van der Waals surface area (Å²) in [6.45, 7) is 1.75. The molecule has 2 unspecified atom stereocenters. The predicted octanol–water partition coefficient (Wildman–Crippen LogP) is 1.62. The minimum atomic E-state index is -0.305. The quantitative estimate of drug-likeness (QED) is 0.589. The van der Waals surface area contributed by atoms with Crippen LogP contribution in [-0.4, -0.2) is 25.3 Å². The number of ether oxygens (including phenoxy) is 3. The molecule has 0 N–H and O–H groups in total. The topological polar surface area (TPSA) is 48.1 Å². The molecule has 1 aliphatic heterocycles. The Bertz CT molecular complexity index is 482. The molecule has 1 heterocycles. The molecule has 4 nitrogen and oxygen atoms in total. The van der Waals surface area contributed by atoms with Gasteiger partial charge in [-0.2, -0.15) is 0 Å². The first-order valence-corrected chi connectivity index (χ1v) is 5.63. The lowest BCUT2D eigenvalue weighted by molar-refractivity contribution is -0.142. The smallest absolute Gasteiger partial charge is 0.302 e. The van der Waals surface area contributed by atoms with Crippen molar-refractivity contribution < 1.29 is 19.0 Å². The van der Waals surface area contributed by atoms with E-state index in [0.717, 1.165) is 12.2 Å². The van der Waals surface area contributed by atoms with Crippen molar-refractivity contribution >= 4 is 5.97 Å². The number of methoxy groups -OCH3 is 1. The van der Waals surface area contributed by atoms with Crippen LogP contribution in [0.4, 0.5) is 0 Å². The Balaban J connectivity index is 1.79. The molecule has 0 spiro atoms. The molecule has 4 heteroatoms. The van der Waals surface area contributed by atoms with Crippen LogP contribution in [0.25, 0.3) is 0 Å². The monoisotopic (exact) mass is 234 g/mol. The molecule has 90 valence electrons. The van der Waals surface area contributed by atoms with E-state index in [4.69, 9.17) is 14.2 Å². The zero-order valence-electron chi connectivity index (χ0n) is 9.86. The van der Waals surface area contributed by atoms with Gasteiger partial charge in [0.25, 0.3) is 0 Å². The van der Waals surface area contributed by atoms with Gasteiger partial charge in [-0.1, -0.05) is 6.07 Å². The molecule has 0 saturated carbocycles. The van der Waals surface area contributed by atoms with E-state index in [1.807, 2.05) is 18.2 Å². The maximum atomic E-state index is 10.8. The van der Waals surface area contributed by atoms with Gasteiger partial charge in [0, 0.05) is 13.3 Å². The summed E-state index contributed by atoms with van der Waals surface area (Å²) in [5.74, 6) is 0.592. The van der Waals surface area contributed by atoms with Crippen molar-refractivity contribution in [3.8, 4) is 5.75 Å². The maximum absolute atomic E-state index is 10.8. The molecule has 1 fully saturated rings. The molecule has 0 bridgehead atoms. The van der Waals surface area contributed by atoms with Gasteiger partial charge in [-0.05, 0) is 23.3 Å². The van der Waals surface area contributed by atoms with Crippen LogP contribution in [0.3, 0.4) is 0 Å². The number of rotatable bonds is 3. The lowest BCUT2D eigenvalue weighted by atomic mass is 10.1. The van der Waals surface area contributed by atoms with E-state index in [-0.39, 0.29) is 17.7 Å². The fourth-order valence-corrected chi connectivity index (χ4v) is 2.51. The molecular weight excluding hydrogens is 220 g/mol. The van der Waals surface area contributed by atoms with E-state index < -0.39 is 0 Å². The third-order valence-electron chi connectivity index (χ3n) is 3.42. The van der Waals surface area contributed by atoms with E-state index >= 15 is 0 Å². The van der Waals surface area contributed by atoms with Crippen LogP contribution >= 0.6 is 0 Å². The van der Waals surface area contributed by atoms with Crippen molar-refractivity contribution in [3.05, 3.63) is 29.3 Å². The van der Waals surface area contributed by atoms with Crippen molar-refractivity contribution in [1.29, 1.82) is 0 Å². The van der Waals surface area contributed by atoms with Gasteiger partial charge in [-0.15, -0.1) is 0 Å². The van der Waals surface area contributed by atoms with Crippen LogP contribution in [0.1, 0.15) is 24.2 Å². The Kier molecular flexibility index (Phi) is 2.16. The molecule has 2 atom stereocenters. The minimum Gasteiger partial charge on any atom is -0.497 e. The van der Waals surface area contributed by atoms with Gasteiger partial charge in [-0.25, -0.2) is 0 Å².